The molecule has 1 unspecified atom stereocenters. The second-order valence-corrected chi connectivity index (χ2v) is 4.63. The van der Waals surface area contributed by atoms with E-state index < -0.39 is 0 Å². The van der Waals surface area contributed by atoms with E-state index in [1.165, 1.54) is 0 Å². The minimum absolute atomic E-state index is 0.0699. The Morgan fingerprint density at radius 1 is 1.56 bits per heavy atom. The van der Waals surface area contributed by atoms with Gasteiger partial charge in [0.15, 0.2) is 0 Å². The third kappa shape index (κ3) is 4.72. The molecule has 1 rings (SSSR count). The molecule has 1 heterocycles. The number of alkyl halides is 1. The Morgan fingerprint density at radius 3 is 2.88 bits per heavy atom. The summed E-state index contributed by atoms with van der Waals surface area (Å²) in [7, 11) is 1.66. The van der Waals surface area contributed by atoms with E-state index in [-0.39, 0.29) is 10.7 Å². The molecule has 0 aliphatic heterocycles. The van der Waals surface area contributed by atoms with Gasteiger partial charge in [-0.25, -0.2) is 0 Å². The topological polar surface area (TPSA) is 51.2 Å². The van der Waals surface area contributed by atoms with E-state index in [1.807, 2.05) is 0 Å². The zero-order valence-corrected chi connectivity index (χ0v) is 10.7. The van der Waals surface area contributed by atoms with Crippen LogP contribution in [0.4, 0.5) is 0 Å². The molecule has 0 aliphatic carbocycles. The Morgan fingerprint density at radius 2 is 2.25 bits per heavy atom. The molecular weight excluding hydrogens is 272 g/mol. The summed E-state index contributed by atoms with van der Waals surface area (Å²) in [6.07, 6.45) is 4.05. The van der Waals surface area contributed by atoms with Crippen molar-refractivity contribution < 1.29 is 9.53 Å². The molecular formula is C11H15BrN2O2. The fourth-order valence-corrected chi connectivity index (χ4v) is 1.71. The zero-order chi connectivity index (χ0) is 11.8. The first-order valence-electron chi connectivity index (χ1n) is 5.05. The monoisotopic (exact) mass is 286 g/mol. The van der Waals surface area contributed by atoms with Gasteiger partial charge in [-0.2, -0.15) is 0 Å². The van der Waals surface area contributed by atoms with Crippen molar-refractivity contribution in [3.05, 3.63) is 30.1 Å². The van der Waals surface area contributed by atoms with Crippen LogP contribution in [0.2, 0.25) is 0 Å². The average molecular weight is 287 g/mol. The molecule has 5 heteroatoms. The predicted molar refractivity (Wildman–Crippen MR) is 65.8 cm³/mol. The molecule has 0 fully saturated rings. The van der Waals surface area contributed by atoms with Crippen molar-refractivity contribution in [2.45, 2.75) is 11.2 Å². The minimum atomic E-state index is -0.0699. The summed E-state index contributed by atoms with van der Waals surface area (Å²) >= 11 is 3.46. The quantitative estimate of drug-likeness (QED) is 0.809. The first kappa shape index (κ1) is 13.1. The number of methoxy groups -OCH3 is 1. The van der Waals surface area contributed by atoms with E-state index in [0.29, 0.717) is 18.7 Å². The van der Waals surface area contributed by atoms with E-state index in [0.717, 1.165) is 6.42 Å². The van der Waals surface area contributed by atoms with Gasteiger partial charge in [-0.3, -0.25) is 9.78 Å². The van der Waals surface area contributed by atoms with Gasteiger partial charge in [-0.05, 0) is 18.6 Å². The molecule has 0 radical (unpaired) electrons. The third-order valence-electron chi connectivity index (χ3n) is 2.03. The number of nitrogens with one attached hydrogen (secondary N) is 1. The lowest BCUT2D eigenvalue weighted by atomic mass is 10.2. The molecule has 0 bridgehead atoms. The van der Waals surface area contributed by atoms with Gasteiger partial charge in [0.05, 0.1) is 6.61 Å². The van der Waals surface area contributed by atoms with Crippen molar-refractivity contribution in [1.82, 2.24) is 10.3 Å². The molecule has 0 aromatic carbocycles. The van der Waals surface area contributed by atoms with Crippen molar-refractivity contribution in [2.24, 2.45) is 0 Å². The second-order valence-electron chi connectivity index (χ2n) is 3.33. The molecule has 1 N–H and O–H groups in total. The van der Waals surface area contributed by atoms with Crippen molar-refractivity contribution in [3.63, 3.8) is 0 Å². The lowest BCUT2D eigenvalue weighted by Gasteiger charge is -2.09. The molecule has 88 valence electrons. The summed E-state index contributed by atoms with van der Waals surface area (Å²) in [6.45, 7) is 1.27. The fraction of sp³-hybridized carbons (Fsp3) is 0.455. The summed E-state index contributed by atoms with van der Waals surface area (Å²) in [5.74, 6) is -0.0699. The normalized spacial score (nSPS) is 12.1. The summed E-state index contributed by atoms with van der Waals surface area (Å²) < 4.78 is 4.98. The van der Waals surface area contributed by atoms with Gasteiger partial charge in [0, 0.05) is 36.4 Å². The number of carbonyl (C=O) groups excluding carboxylic acids is 1. The van der Waals surface area contributed by atoms with Crippen LogP contribution in [0, 0.1) is 0 Å². The Hall–Kier alpha value is -0.940. The van der Waals surface area contributed by atoms with Crippen LogP contribution in [0.25, 0.3) is 0 Å². The Bertz CT molecular complexity index is 319. The van der Waals surface area contributed by atoms with Gasteiger partial charge in [-0.15, -0.1) is 0 Å². The van der Waals surface area contributed by atoms with Gasteiger partial charge in [0.2, 0.25) is 0 Å². The lowest BCUT2D eigenvalue weighted by Crippen LogP contribution is -2.26. The molecule has 4 nitrogen and oxygen atoms in total. The van der Waals surface area contributed by atoms with Crippen LogP contribution < -0.4 is 5.32 Å². The summed E-state index contributed by atoms with van der Waals surface area (Å²) in [5, 5.41) is 2.84. The molecule has 1 aromatic rings. The largest absolute Gasteiger partial charge is 0.384 e. The van der Waals surface area contributed by atoms with Crippen LogP contribution in [-0.4, -0.2) is 36.0 Å². The lowest BCUT2D eigenvalue weighted by molar-refractivity contribution is 0.0952. The number of carbonyl (C=O) groups is 1. The number of amides is 1. The van der Waals surface area contributed by atoms with Crippen molar-refractivity contribution >= 4 is 21.8 Å². The highest BCUT2D eigenvalue weighted by Gasteiger charge is 2.06. The number of pyridine rings is 1. The number of hydrogen-bond acceptors (Lipinski definition) is 3. The van der Waals surface area contributed by atoms with Gasteiger partial charge >= 0.3 is 0 Å². The first-order valence-corrected chi connectivity index (χ1v) is 5.97. The van der Waals surface area contributed by atoms with Crippen molar-refractivity contribution in [2.75, 3.05) is 20.3 Å². The van der Waals surface area contributed by atoms with E-state index in [9.17, 15) is 4.79 Å². The van der Waals surface area contributed by atoms with Gasteiger partial charge in [-0.1, -0.05) is 15.9 Å². The summed E-state index contributed by atoms with van der Waals surface area (Å²) in [6, 6.07) is 3.38. The zero-order valence-electron chi connectivity index (χ0n) is 9.15. The van der Waals surface area contributed by atoms with Crippen molar-refractivity contribution in [1.29, 1.82) is 0 Å². The second kappa shape index (κ2) is 7.35. The van der Waals surface area contributed by atoms with E-state index in [2.05, 4.69) is 26.2 Å². The number of rotatable bonds is 6. The molecule has 1 aromatic heterocycles. The Labute approximate surface area is 104 Å². The maximum atomic E-state index is 11.6. The van der Waals surface area contributed by atoms with E-state index in [1.54, 1.807) is 31.6 Å². The number of ether oxygens (including phenoxy) is 1. The molecule has 1 atom stereocenters. The molecule has 0 aliphatic rings. The maximum absolute atomic E-state index is 11.6. The molecule has 16 heavy (non-hydrogen) atoms. The minimum Gasteiger partial charge on any atom is -0.384 e. The van der Waals surface area contributed by atoms with E-state index in [4.69, 9.17) is 4.74 Å². The smallest absolute Gasteiger partial charge is 0.251 e. The predicted octanol–water partition coefficient (Wildman–Crippen LogP) is 1.61. The van der Waals surface area contributed by atoms with Crippen LogP contribution in [0.3, 0.4) is 0 Å². The summed E-state index contributed by atoms with van der Waals surface area (Å²) in [5.41, 5.74) is 0.632. The first-order chi connectivity index (χ1) is 7.74. The van der Waals surface area contributed by atoms with Crippen LogP contribution in [0.15, 0.2) is 24.5 Å². The van der Waals surface area contributed by atoms with Crippen LogP contribution in [0.1, 0.15) is 16.8 Å². The SMILES string of the molecule is COCC(Br)CCNC(=O)c1ccncc1. The van der Waals surface area contributed by atoms with E-state index >= 15 is 0 Å². The highest BCUT2D eigenvalue weighted by Crippen LogP contribution is 2.04. The molecule has 0 spiro atoms. The highest BCUT2D eigenvalue weighted by atomic mass is 79.9. The average Bonchev–Trinajstić information content (AvgIpc) is 2.30. The Balaban J connectivity index is 2.26. The Kier molecular flexibility index (Phi) is 6.03. The molecule has 0 saturated heterocycles. The number of aromatic nitrogens is 1. The summed E-state index contributed by atoms with van der Waals surface area (Å²) in [4.78, 5) is 15.7. The van der Waals surface area contributed by atoms with Crippen LogP contribution in [0.5, 0.6) is 0 Å². The van der Waals surface area contributed by atoms with Gasteiger partial charge < -0.3 is 10.1 Å². The van der Waals surface area contributed by atoms with Gasteiger partial charge in [0.25, 0.3) is 5.91 Å². The van der Waals surface area contributed by atoms with Gasteiger partial charge in [0.1, 0.15) is 0 Å². The number of halogens is 1. The fourth-order valence-electron chi connectivity index (χ4n) is 1.21. The molecule has 0 saturated carbocycles. The number of hydrogen-bond donors (Lipinski definition) is 1. The molecule has 1 amide bonds. The maximum Gasteiger partial charge on any atom is 0.251 e. The van der Waals surface area contributed by atoms with Crippen LogP contribution >= 0.6 is 15.9 Å². The standard InChI is InChI=1S/C11H15BrN2O2/c1-16-8-10(12)4-7-14-11(15)9-2-5-13-6-3-9/h2-3,5-6,10H,4,7-8H2,1H3,(H,14,15). The number of nitrogens with zero attached hydrogens (tertiary/aromatic N) is 1. The third-order valence-corrected chi connectivity index (χ3v) is 2.76. The van der Waals surface area contributed by atoms with Crippen molar-refractivity contribution in [3.8, 4) is 0 Å². The van der Waals surface area contributed by atoms with Crippen LogP contribution in [-0.2, 0) is 4.74 Å². The highest BCUT2D eigenvalue weighted by molar-refractivity contribution is 9.09.